The predicted octanol–water partition coefficient (Wildman–Crippen LogP) is 3.59. The Balaban J connectivity index is 2.03. The maximum absolute atomic E-state index is 9.59. The van der Waals surface area contributed by atoms with Crippen molar-refractivity contribution in [2.75, 3.05) is 5.43 Å². The molecule has 100 valence electrons. The number of rotatable bonds is 3. The number of aromatic nitrogens is 1. The van der Waals surface area contributed by atoms with Gasteiger partial charge in [-0.25, -0.2) is 4.98 Å². The molecule has 0 aliphatic heterocycles. The molecular weight excluding hydrogens is 258 g/mol. The molecule has 0 bridgehead atoms. The van der Waals surface area contributed by atoms with Crippen molar-refractivity contribution in [3.63, 3.8) is 0 Å². The van der Waals surface area contributed by atoms with Gasteiger partial charge in [0.05, 0.1) is 11.9 Å². The first-order valence-electron chi connectivity index (χ1n) is 6.00. The van der Waals surface area contributed by atoms with E-state index in [4.69, 9.17) is 0 Å². The van der Waals surface area contributed by atoms with Gasteiger partial charge in [-0.2, -0.15) is 5.10 Å². The lowest BCUT2D eigenvalue weighted by molar-refractivity contribution is 0.474. The first-order valence-corrected chi connectivity index (χ1v) is 6.88. The lowest BCUT2D eigenvalue weighted by Crippen LogP contribution is -2.11. The smallest absolute Gasteiger partial charge is 0.203 e. The Bertz CT molecular complexity index is 584. The van der Waals surface area contributed by atoms with Gasteiger partial charge >= 0.3 is 0 Å². The standard InChI is InChI=1S/C14H17N3OS/c1-14(2,3)12-9-19-13(16-12)17-15-8-10-6-4-5-7-11(10)18/h4-9,18H,1-3H3,(H,16,17)/b15-8+. The molecule has 0 aliphatic rings. The third-order valence-corrected chi connectivity index (χ3v) is 3.32. The molecule has 1 heterocycles. The second-order valence-electron chi connectivity index (χ2n) is 5.22. The van der Waals surface area contributed by atoms with Gasteiger partial charge in [0.1, 0.15) is 5.75 Å². The minimum atomic E-state index is 0.0395. The van der Waals surface area contributed by atoms with Crippen molar-refractivity contribution in [2.45, 2.75) is 26.2 Å². The Morgan fingerprint density at radius 2 is 2.05 bits per heavy atom. The molecule has 0 saturated carbocycles. The van der Waals surface area contributed by atoms with Gasteiger partial charge in [0.15, 0.2) is 0 Å². The number of benzene rings is 1. The molecule has 2 N–H and O–H groups in total. The van der Waals surface area contributed by atoms with Crippen molar-refractivity contribution >= 4 is 22.7 Å². The van der Waals surface area contributed by atoms with Crippen molar-refractivity contribution in [2.24, 2.45) is 5.10 Å². The van der Waals surface area contributed by atoms with Crippen LogP contribution in [0.3, 0.4) is 0 Å². The third kappa shape index (κ3) is 3.54. The van der Waals surface area contributed by atoms with E-state index < -0.39 is 0 Å². The summed E-state index contributed by atoms with van der Waals surface area (Å²) in [5.41, 5.74) is 4.63. The van der Waals surface area contributed by atoms with Crippen LogP contribution in [-0.4, -0.2) is 16.3 Å². The lowest BCUT2D eigenvalue weighted by atomic mass is 9.93. The first-order chi connectivity index (χ1) is 8.97. The van der Waals surface area contributed by atoms with E-state index in [1.165, 1.54) is 11.3 Å². The van der Waals surface area contributed by atoms with Crippen LogP contribution in [0.1, 0.15) is 32.0 Å². The Morgan fingerprint density at radius 3 is 2.68 bits per heavy atom. The number of aromatic hydroxyl groups is 1. The van der Waals surface area contributed by atoms with Gasteiger partial charge in [-0.15, -0.1) is 11.3 Å². The van der Waals surface area contributed by atoms with Crippen LogP contribution in [0.25, 0.3) is 0 Å². The van der Waals surface area contributed by atoms with E-state index in [2.05, 4.69) is 36.3 Å². The molecule has 0 fully saturated rings. The monoisotopic (exact) mass is 275 g/mol. The fourth-order valence-electron chi connectivity index (χ4n) is 1.42. The highest BCUT2D eigenvalue weighted by Crippen LogP contribution is 2.26. The van der Waals surface area contributed by atoms with Crippen molar-refractivity contribution in [1.29, 1.82) is 0 Å². The van der Waals surface area contributed by atoms with E-state index >= 15 is 0 Å². The number of phenols is 1. The van der Waals surface area contributed by atoms with E-state index in [9.17, 15) is 5.11 Å². The average molecular weight is 275 g/mol. The zero-order valence-corrected chi connectivity index (χ0v) is 12.0. The molecule has 0 amide bonds. The Kier molecular flexibility index (Phi) is 3.85. The summed E-state index contributed by atoms with van der Waals surface area (Å²) in [4.78, 5) is 4.47. The summed E-state index contributed by atoms with van der Waals surface area (Å²) in [7, 11) is 0. The fourth-order valence-corrected chi connectivity index (χ4v) is 2.31. The van der Waals surface area contributed by atoms with E-state index in [1.54, 1.807) is 24.4 Å². The summed E-state index contributed by atoms with van der Waals surface area (Å²) >= 11 is 1.52. The number of nitrogens with one attached hydrogen (secondary N) is 1. The van der Waals surface area contributed by atoms with Crippen LogP contribution < -0.4 is 5.43 Å². The molecule has 0 saturated heterocycles. The molecule has 0 unspecified atom stereocenters. The second-order valence-corrected chi connectivity index (χ2v) is 6.07. The Hall–Kier alpha value is -1.88. The minimum absolute atomic E-state index is 0.0395. The van der Waals surface area contributed by atoms with E-state index in [0.29, 0.717) is 5.56 Å². The van der Waals surface area contributed by atoms with E-state index in [0.717, 1.165) is 10.8 Å². The van der Waals surface area contributed by atoms with Gasteiger partial charge in [-0.3, -0.25) is 5.43 Å². The van der Waals surface area contributed by atoms with Crippen LogP contribution in [0.4, 0.5) is 5.13 Å². The van der Waals surface area contributed by atoms with Crippen LogP contribution in [-0.2, 0) is 5.41 Å². The van der Waals surface area contributed by atoms with Crippen molar-refractivity contribution < 1.29 is 5.11 Å². The molecule has 1 aromatic carbocycles. The molecule has 2 rings (SSSR count). The normalized spacial score (nSPS) is 11.9. The highest BCUT2D eigenvalue weighted by atomic mass is 32.1. The highest BCUT2D eigenvalue weighted by Gasteiger charge is 2.17. The molecule has 0 spiro atoms. The van der Waals surface area contributed by atoms with Crippen LogP contribution >= 0.6 is 11.3 Å². The molecular formula is C14H17N3OS. The zero-order valence-electron chi connectivity index (χ0n) is 11.2. The number of para-hydroxylation sites is 1. The van der Waals surface area contributed by atoms with Crippen LogP contribution in [0.2, 0.25) is 0 Å². The molecule has 0 radical (unpaired) electrons. The maximum atomic E-state index is 9.59. The molecule has 0 aliphatic carbocycles. The molecule has 5 heteroatoms. The van der Waals surface area contributed by atoms with Crippen molar-refractivity contribution in [1.82, 2.24) is 4.98 Å². The van der Waals surface area contributed by atoms with Crippen LogP contribution in [0.15, 0.2) is 34.7 Å². The summed E-state index contributed by atoms with van der Waals surface area (Å²) in [5, 5.41) is 16.4. The van der Waals surface area contributed by atoms with E-state index in [-0.39, 0.29) is 11.2 Å². The van der Waals surface area contributed by atoms with Gasteiger partial charge in [0.25, 0.3) is 0 Å². The number of anilines is 1. The highest BCUT2D eigenvalue weighted by molar-refractivity contribution is 7.13. The summed E-state index contributed by atoms with van der Waals surface area (Å²) < 4.78 is 0. The molecule has 2 aromatic rings. The van der Waals surface area contributed by atoms with Gasteiger partial charge < -0.3 is 5.11 Å². The average Bonchev–Trinajstić information content (AvgIpc) is 2.80. The first kappa shape index (κ1) is 13.5. The summed E-state index contributed by atoms with van der Waals surface area (Å²) in [6.45, 7) is 6.37. The topological polar surface area (TPSA) is 57.5 Å². The predicted molar refractivity (Wildman–Crippen MR) is 80.1 cm³/mol. The number of phenolic OH excluding ortho intramolecular Hbond substituents is 1. The molecule has 0 atom stereocenters. The fraction of sp³-hybridized carbons (Fsp3) is 0.286. The Labute approximate surface area is 116 Å². The quantitative estimate of drug-likeness (QED) is 0.665. The summed E-state index contributed by atoms with van der Waals surface area (Å²) in [5.74, 6) is 0.211. The summed E-state index contributed by atoms with van der Waals surface area (Å²) in [6, 6.07) is 7.05. The molecule has 1 aromatic heterocycles. The van der Waals surface area contributed by atoms with Crippen LogP contribution in [0, 0.1) is 0 Å². The zero-order chi connectivity index (χ0) is 13.9. The molecule has 4 nitrogen and oxygen atoms in total. The van der Waals surface area contributed by atoms with Gasteiger partial charge in [-0.05, 0) is 12.1 Å². The second kappa shape index (κ2) is 5.40. The number of nitrogens with zero attached hydrogens (tertiary/aromatic N) is 2. The number of hydrogen-bond donors (Lipinski definition) is 2. The third-order valence-electron chi connectivity index (χ3n) is 2.57. The SMILES string of the molecule is CC(C)(C)c1csc(N/N=C/c2ccccc2O)n1. The van der Waals surface area contributed by atoms with Crippen LogP contribution in [0.5, 0.6) is 5.75 Å². The largest absolute Gasteiger partial charge is 0.507 e. The van der Waals surface area contributed by atoms with Gasteiger partial charge in [0.2, 0.25) is 5.13 Å². The van der Waals surface area contributed by atoms with E-state index in [1.807, 2.05) is 11.4 Å². The summed E-state index contributed by atoms with van der Waals surface area (Å²) in [6.07, 6.45) is 1.58. The number of hydrogen-bond acceptors (Lipinski definition) is 5. The van der Waals surface area contributed by atoms with Crippen molar-refractivity contribution in [3.05, 3.63) is 40.9 Å². The maximum Gasteiger partial charge on any atom is 0.203 e. The van der Waals surface area contributed by atoms with Gasteiger partial charge in [-0.1, -0.05) is 32.9 Å². The minimum Gasteiger partial charge on any atom is -0.507 e. The number of hydrazone groups is 1. The van der Waals surface area contributed by atoms with Gasteiger partial charge in [0, 0.05) is 16.4 Å². The number of thiazole rings is 1. The lowest BCUT2D eigenvalue weighted by Gasteiger charge is -2.13. The molecule has 19 heavy (non-hydrogen) atoms. The van der Waals surface area contributed by atoms with Crippen molar-refractivity contribution in [3.8, 4) is 5.75 Å². The Morgan fingerprint density at radius 1 is 1.32 bits per heavy atom.